The highest BCUT2D eigenvalue weighted by atomic mass is 79.9. The Morgan fingerprint density at radius 2 is 1.65 bits per heavy atom. The first-order valence-corrected chi connectivity index (χ1v) is 8.55. The molecule has 2 aliphatic heterocycles. The topological polar surface area (TPSA) is 36.9 Å². The zero-order valence-electron chi connectivity index (χ0n) is 10.7. The molecule has 4 atom stereocenters. The lowest BCUT2D eigenvalue weighted by Crippen LogP contribution is -2.48. The third-order valence-electron chi connectivity index (χ3n) is 5.31. The average Bonchev–Trinajstić information content (AvgIpc) is 3.20. The van der Waals surface area contributed by atoms with Crippen molar-refractivity contribution in [1.82, 2.24) is 0 Å². The van der Waals surface area contributed by atoms with Crippen LogP contribution in [-0.4, -0.2) is 42.3 Å². The maximum Gasteiger partial charge on any atom is 0.205 e. The fraction of sp³-hybridized carbons (Fsp3) is 0.714. The molecule has 1 saturated carbocycles. The van der Waals surface area contributed by atoms with Gasteiger partial charge in [0.05, 0.1) is 30.9 Å². The minimum absolute atomic E-state index is 0.138. The molecule has 2 heterocycles. The molecule has 0 aromatic rings. The van der Waals surface area contributed by atoms with E-state index in [0.29, 0.717) is 26.4 Å². The van der Waals surface area contributed by atoms with E-state index in [1.807, 2.05) is 0 Å². The van der Waals surface area contributed by atoms with Crippen molar-refractivity contribution in [3.8, 4) is 0 Å². The van der Waals surface area contributed by atoms with E-state index < -0.39 is 11.6 Å². The van der Waals surface area contributed by atoms with Gasteiger partial charge in [-0.1, -0.05) is 50.1 Å². The van der Waals surface area contributed by atoms with Gasteiger partial charge in [0.15, 0.2) is 5.79 Å². The van der Waals surface area contributed by atoms with Gasteiger partial charge in [-0.2, -0.15) is 0 Å². The number of hydrogen-bond donors (Lipinski definition) is 0. The number of rotatable bonds is 0. The summed E-state index contributed by atoms with van der Waals surface area (Å²) < 4.78 is 24.9. The normalized spacial score (nSPS) is 49.5. The number of alkyl halides is 1. The van der Waals surface area contributed by atoms with Crippen LogP contribution in [0.3, 0.4) is 0 Å². The van der Waals surface area contributed by atoms with Crippen LogP contribution in [0.1, 0.15) is 0 Å². The van der Waals surface area contributed by atoms with Gasteiger partial charge in [-0.25, -0.2) is 0 Å². The molecule has 0 aromatic carbocycles. The lowest BCUT2D eigenvalue weighted by atomic mass is 9.82. The fourth-order valence-electron chi connectivity index (χ4n) is 4.66. The minimum atomic E-state index is -0.655. The Morgan fingerprint density at radius 1 is 1.00 bits per heavy atom. The van der Waals surface area contributed by atoms with Crippen molar-refractivity contribution < 1.29 is 18.9 Å². The molecule has 0 radical (unpaired) electrons. The maximum absolute atomic E-state index is 6.08. The summed E-state index contributed by atoms with van der Waals surface area (Å²) in [5.41, 5.74) is 0. The zero-order valence-corrected chi connectivity index (χ0v) is 13.9. The summed E-state index contributed by atoms with van der Waals surface area (Å²) in [5, 5.41) is 0. The molecular formula is C14H14Br2O4. The molecule has 0 amide bonds. The summed E-state index contributed by atoms with van der Waals surface area (Å²) in [6.45, 7) is 2.55. The SMILES string of the molecule is BrC1=C[C@@H]2[C@H]([C@H]3C=C[C@@]2(Br)C32OCCO2)C12OCCO2. The first kappa shape index (κ1) is 12.8. The van der Waals surface area contributed by atoms with Gasteiger partial charge in [-0.3, -0.25) is 0 Å². The van der Waals surface area contributed by atoms with Gasteiger partial charge >= 0.3 is 0 Å². The average molecular weight is 406 g/mol. The molecule has 2 spiro atoms. The third kappa shape index (κ3) is 1.14. The molecule has 3 fully saturated rings. The van der Waals surface area contributed by atoms with Crippen LogP contribution >= 0.6 is 31.9 Å². The molecule has 5 rings (SSSR count). The second-order valence-corrected chi connectivity index (χ2v) is 8.11. The monoisotopic (exact) mass is 404 g/mol. The van der Waals surface area contributed by atoms with E-state index in [1.165, 1.54) is 0 Å². The Hall–Kier alpha value is 0.280. The molecule has 108 valence electrons. The van der Waals surface area contributed by atoms with Crippen LogP contribution in [0.15, 0.2) is 22.7 Å². The standard InChI is InChI=1S/C14H14Br2O4/c15-10-7-9-11(13(10)17-3-4-18-13)8-1-2-12(9,16)14(8)19-5-6-20-14/h1-2,7-9,11H,3-6H2/t8-,9-,11+,12+/m1/s1. The van der Waals surface area contributed by atoms with Gasteiger partial charge in [0.2, 0.25) is 5.79 Å². The molecule has 20 heavy (non-hydrogen) atoms. The van der Waals surface area contributed by atoms with Gasteiger partial charge in [-0.05, 0) is 0 Å². The Bertz CT molecular complexity index is 533. The van der Waals surface area contributed by atoms with Gasteiger partial charge in [0.25, 0.3) is 0 Å². The highest BCUT2D eigenvalue weighted by Crippen LogP contribution is 2.71. The highest BCUT2D eigenvalue weighted by Gasteiger charge is 2.79. The van der Waals surface area contributed by atoms with Crippen molar-refractivity contribution in [2.75, 3.05) is 26.4 Å². The molecule has 2 saturated heterocycles. The molecule has 2 bridgehead atoms. The van der Waals surface area contributed by atoms with E-state index >= 15 is 0 Å². The molecule has 6 heteroatoms. The Morgan fingerprint density at radius 3 is 2.35 bits per heavy atom. The predicted octanol–water partition coefficient (Wildman–Crippen LogP) is 2.33. The van der Waals surface area contributed by atoms with Crippen LogP contribution in [-0.2, 0) is 18.9 Å². The molecule has 3 aliphatic carbocycles. The van der Waals surface area contributed by atoms with Crippen molar-refractivity contribution in [3.05, 3.63) is 22.7 Å². The predicted molar refractivity (Wildman–Crippen MR) is 77.5 cm³/mol. The Labute approximate surface area is 133 Å². The minimum Gasteiger partial charge on any atom is -0.345 e. The lowest BCUT2D eigenvalue weighted by molar-refractivity contribution is -0.205. The van der Waals surface area contributed by atoms with Crippen LogP contribution < -0.4 is 0 Å². The summed E-state index contributed by atoms with van der Waals surface area (Å²) in [6.07, 6.45) is 6.60. The summed E-state index contributed by atoms with van der Waals surface area (Å²) >= 11 is 7.58. The number of fused-ring (bicyclic) bond motifs is 4. The van der Waals surface area contributed by atoms with Crippen molar-refractivity contribution in [2.24, 2.45) is 17.8 Å². The van der Waals surface area contributed by atoms with E-state index in [9.17, 15) is 0 Å². The molecule has 0 aromatic heterocycles. The third-order valence-corrected chi connectivity index (χ3v) is 7.47. The number of ether oxygens (including phenoxy) is 4. The van der Waals surface area contributed by atoms with E-state index in [0.717, 1.165) is 4.48 Å². The van der Waals surface area contributed by atoms with Crippen LogP contribution in [0.2, 0.25) is 0 Å². The van der Waals surface area contributed by atoms with E-state index in [4.69, 9.17) is 18.9 Å². The maximum atomic E-state index is 6.08. The lowest BCUT2D eigenvalue weighted by Gasteiger charge is -2.36. The smallest absolute Gasteiger partial charge is 0.205 e. The summed E-state index contributed by atoms with van der Waals surface area (Å²) in [6, 6.07) is 0. The zero-order chi connectivity index (χ0) is 13.6. The first-order chi connectivity index (χ1) is 9.64. The molecule has 4 nitrogen and oxygen atoms in total. The second kappa shape index (κ2) is 3.78. The van der Waals surface area contributed by atoms with Crippen LogP contribution in [0, 0.1) is 17.8 Å². The summed E-state index contributed by atoms with van der Waals surface area (Å²) in [4.78, 5) is 0. The molecule has 0 N–H and O–H groups in total. The van der Waals surface area contributed by atoms with E-state index in [-0.39, 0.29) is 22.1 Å². The van der Waals surface area contributed by atoms with Crippen LogP contribution in [0.4, 0.5) is 0 Å². The molecule has 0 unspecified atom stereocenters. The molecule has 5 aliphatic rings. The van der Waals surface area contributed by atoms with Crippen LogP contribution in [0.25, 0.3) is 0 Å². The number of hydrogen-bond acceptors (Lipinski definition) is 4. The molecular weight excluding hydrogens is 392 g/mol. The van der Waals surface area contributed by atoms with Gasteiger partial charge in [0.1, 0.15) is 4.32 Å². The van der Waals surface area contributed by atoms with Crippen molar-refractivity contribution >= 4 is 31.9 Å². The van der Waals surface area contributed by atoms with Gasteiger partial charge < -0.3 is 18.9 Å². The summed E-state index contributed by atoms with van der Waals surface area (Å²) in [7, 11) is 0. The van der Waals surface area contributed by atoms with E-state index in [2.05, 4.69) is 50.1 Å². The van der Waals surface area contributed by atoms with Crippen molar-refractivity contribution in [2.45, 2.75) is 15.9 Å². The fourth-order valence-corrected chi connectivity index (χ4v) is 6.50. The Kier molecular flexibility index (Phi) is 2.42. The number of halogens is 2. The Balaban J connectivity index is 1.68. The first-order valence-electron chi connectivity index (χ1n) is 6.96. The highest BCUT2D eigenvalue weighted by molar-refractivity contribution is 9.11. The number of allylic oxidation sites excluding steroid dienone is 1. The summed E-state index contributed by atoms with van der Waals surface area (Å²) in [5.74, 6) is -0.698. The van der Waals surface area contributed by atoms with Crippen molar-refractivity contribution in [1.29, 1.82) is 0 Å². The van der Waals surface area contributed by atoms with Crippen molar-refractivity contribution in [3.63, 3.8) is 0 Å². The van der Waals surface area contributed by atoms with Crippen LogP contribution in [0.5, 0.6) is 0 Å². The second-order valence-electron chi connectivity index (χ2n) is 5.95. The largest absolute Gasteiger partial charge is 0.345 e. The van der Waals surface area contributed by atoms with Gasteiger partial charge in [-0.15, -0.1) is 0 Å². The van der Waals surface area contributed by atoms with Gasteiger partial charge in [0, 0.05) is 17.8 Å². The van der Waals surface area contributed by atoms with E-state index in [1.54, 1.807) is 0 Å². The quantitative estimate of drug-likeness (QED) is 0.458.